The molecule has 0 aliphatic rings. The molecule has 2 heterocycles. The van der Waals surface area contributed by atoms with Crippen molar-refractivity contribution in [1.29, 1.82) is 0 Å². The van der Waals surface area contributed by atoms with Crippen LogP contribution in [0.3, 0.4) is 0 Å². The molecule has 0 aromatic carbocycles. The van der Waals surface area contributed by atoms with E-state index in [-0.39, 0.29) is 16.4 Å². The summed E-state index contributed by atoms with van der Waals surface area (Å²) in [4.78, 5) is 14.6. The first-order chi connectivity index (χ1) is 8.34. The van der Waals surface area contributed by atoms with Crippen LogP contribution in [0.25, 0.3) is 5.65 Å². The van der Waals surface area contributed by atoms with Gasteiger partial charge in [0.05, 0.1) is 13.3 Å². The summed E-state index contributed by atoms with van der Waals surface area (Å²) in [5, 5.41) is 3.36. The molecule has 0 bridgehead atoms. The Morgan fingerprint density at radius 3 is 2.72 bits per heavy atom. The Labute approximate surface area is 103 Å². The molecule has 2 rings (SSSR count). The number of methoxy groups -OCH3 is 1. The molecule has 0 aliphatic carbocycles. The van der Waals surface area contributed by atoms with Crippen LogP contribution in [0.5, 0.6) is 0 Å². The van der Waals surface area contributed by atoms with E-state index in [0.717, 1.165) is 17.8 Å². The van der Waals surface area contributed by atoms with E-state index in [0.29, 0.717) is 6.07 Å². The summed E-state index contributed by atoms with van der Waals surface area (Å²) in [7, 11) is 1.10. The smallest absolute Gasteiger partial charge is 0.433 e. The molecular weight excluding hydrogens is 275 g/mol. The van der Waals surface area contributed by atoms with Crippen molar-refractivity contribution in [2.24, 2.45) is 0 Å². The molecule has 0 aliphatic heterocycles. The molecule has 0 amide bonds. The highest BCUT2D eigenvalue weighted by molar-refractivity contribution is 6.29. The highest BCUT2D eigenvalue weighted by atomic mass is 35.5. The summed E-state index contributed by atoms with van der Waals surface area (Å²) in [6.45, 7) is 0. The molecule has 0 radical (unpaired) electrons. The quantitative estimate of drug-likeness (QED) is 0.593. The van der Waals surface area contributed by atoms with Crippen LogP contribution in [0.4, 0.5) is 13.2 Å². The highest BCUT2D eigenvalue weighted by Gasteiger charge is 2.34. The lowest BCUT2D eigenvalue weighted by molar-refractivity contribution is -0.141. The first-order valence-electron chi connectivity index (χ1n) is 4.54. The largest absolute Gasteiger partial charge is 0.465 e. The van der Waals surface area contributed by atoms with Gasteiger partial charge in [-0.05, 0) is 0 Å². The maximum Gasteiger partial charge on any atom is 0.433 e. The molecule has 0 saturated carbocycles. The third-order valence-electron chi connectivity index (χ3n) is 2.12. The summed E-state index contributed by atoms with van der Waals surface area (Å²) >= 11 is 5.64. The average Bonchev–Trinajstić information content (AvgIpc) is 2.71. The van der Waals surface area contributed by atoms with Crippen molar-refractivity contribution in [2.75, 3.05) is 7.11 Å². The van der Waals surface area contributed by atoms with Crippen LogP contribution < -0.4 is 0 Å². The molecule has 18 heavy (non-hydrogen) atoms. The Hall–Kier alpha value is -1.83. The number of carbonyl (C=O) groups is 1. The number of rotatable bonds is 1. The molecule has 2 aromatic rings. The Kier molecular flexibility index (Phi) is 2.89. The predicted molar refractivity (Wildman–Crippen MR) is 54.3 cm³/mol. The van der Waals surface area contributed by atoms with Crippen LogP contribution in [0, 0.1) is 0 Å². The number of alkyl halides is 3. The van der Waals surface area contributed by atoms with Crippen LogP contribution in [0.2, 0.25) is 5.15 Å². The number of aromatic nitrogens is 3. The minimum atomic E-state index is -4.66. The Bertz CT molecular complexity index is 623. The highest BCUT2D eigenvalue weighted by Crippen LogP contribution is 2.30. The zero-order chi connectivity index (χ0) is 13.5. The maximum absolute atomic E-state index is 12.5. The van der Waals surface area contributed by atoms with Crippen molar-refractivity contribution in [1.82, 2.24) is 14.6 Å². The van der Waals surface area contributed by atoms with E-state index in [9.17, 15) is 18.0 Å². The van der Waals surface area contributed by atoms with E-state index >= 15 is 0 Å². The molecule has 0 atom stereocenters. The summed E-state index contributed by atoms with van der Waals surface area (Å²) in [6.07, 6.45) is -3.62. The van der Waals surface area contributed by atoms with Gasteiger partial charge in [-0.1, -0.05) is 11.6 Å². The first-order valence-corrected chi connectivity index (χ1v) is 4.92. The molecule has 5 nitrogen and oxygen atoms in total. The van der Waals surface area contributed by atoms with Gasteiger partial charge in [0.1, 0.15) is 16.4 Å². The van der Waals surface area contributed by atoms with E-state index in [1.54, 1.807) is 0 Å². The Morgan fingerprint density at radius 2 is 2.17 bits per heavy atom. The lowest BCUT2D eigenvalue weighted by atomic mass is 10.3. The van der Waals surface area contributed by atoms with Crippen molar-refractivity contribution in [3.63, 3.8) is 0 Å². The molecule has 0 unspecified atom stereocenters. The lowest BCUT2D eigenvalue weighted by Gasteiger charge is -2.07. The monoisotopic (exact) mass is 279 g/mol. The molecule has 9 heteroatoms. The van der Waals surface area contributed by atoms with E-state index in [2.05, 4.69) is 14.8 Å². The SMILES string of the molecule is COC(=O)c1cnn2c(Cl)cc(C(F)(F)F)nc12. The van der Waals surface area contributed by atoms with Gasteiger partial charge in [-0.25, -0.2) is 14.3 Å². The van der Waals surface area contributed by atoms with Crippen LogP contribution in [0.15, 0.2) is 12.3 Å². The van der Waals surface area contributed by atoms with Gasteiger partial charge in [0.25, 0.3) is 0 Å². The zero-order valence-corrected chi connectivity index (χ0v) is 9.58. The predicted octanol–water partition coefficient (Wildman–Crippen LogP) is 2.19. The second-order valence-electron chi connectivity index (χ2n) is 3.25. The standard InChI is InChI=1S/C9H5ClF3N3O2/c1-18-8(17)4-3-14-16-6(10)2-5(9(11,12)13)15-7(4)16/h2-3H,1H3. The second kappa shape index (κ2) is 4.13. The molecule has 0 fully saturated rings. The fourth-order valence-corrected chi connectivity index (χ4v) is 1.55. The molecule has 0 spiro atoms. The van der Waals surface area contributed by atoms with Gasteiger partial charge in [-0.2, -0.15) is 18.3 Å². The number of esters is 1. The van der Waals surface area contributed by atoms with Crippen LogP contribution >= 0.6 is 11.6 Å². The van der Waals surface area contributed by atoms with Gasteiger partial charge >= 0.3 is 12.1 Å². The maximum atomic E-state index is 12.5. The van der Waals surface area contributed by atoms with E-state index in [4.69, 9.17) is 11.6 Å². The van der Waals surface area contributed by atoms with Crippen molar-refractivity contribution < 1.29 is 22.7 Å². The summed E-state index contributed by atoms with van der Waals surface area (Å²) < 4.78 is 43.0. The number of fused-ring (bicyclic) bond motifs is 1. The number of carbonyl (C=O) groups excluding carboxylic acids is 1. The molecule has 0 saturated heterocycles. The van der Waals surface area contributed by atoms with Crippen LogP contribution in [0.1, 0.15) is 16.1 Å². The van der Waals surface area contributed by atoms with Gasteiger partial charge in [0, 0.05) is 6.07 Å². The minimum absolute atomic E-state index is 0.189. The van der Waals surface area contributed by atoms with E-state index < -0.39 is 17.8 Å². The number of hydrogen-bond donors (Lipinski definition) is 0. The lowest BCUT2D eigenvalue weighted by Crippen LogP contribution is -2.11. The average molecular weight is 280 g/mol. The fraction of sp³-hybridized carbons (Fsp3) is 0.222. The Balaban J connectivity index is 2.72. The van der Waals surface area contributed by atoms with Crippen molar-refractivity contribution >= 4 is 23.2 Å². The molecule has 2 aromatic heterocycles. The normalized spacial score (nSPS) is 11.8. The minimum Gasteiger partial charge on any atom is -0.465 e. The third kappa shape index (κ3) is 1.99. The summed E-state index contributed by atoms with van der Waals surface area (Å²) in [5.74, 6) is -0.840. The second-order valence-corrected chi connectivity index (χ2v) is 3.63. The van der Waals surface area contributed by atoms with Gasteiger partial charge in [0.2, 0.25) is 0 Å². The van der Waals surface area contributed by atoms with Crippen LogP contribution in [-0.2, 0) is 10.9 Å². The topological polar surface area (TPSA) is 56.5 Å². The fourth-order valence-electron chi connectivity index (χ4n) is 1.33. The Morgan fingerprint density at radius 1 is 1.50 bits per heavy atom. The number of ether oxygens (including phenoxy) is 1. The summed E-state index contributed by atoms with van der Waals surface area (Å²) in [6, 6.07) is 0.628. The van der Waals surface area contributed by atoms with Crippen molar-refractivity contribution in [2.45, 2.75) is 6.18 Å². The van der Waals surface area contributed by atoms with Gasteiger partial charge in [-0.3, -0.25) is 0 Å². The molecule has 0 N–H and O–H groups in total. The van der Waals surface area contributed by atoms with Crippen LogP contribution in [-0.4, -0.2) is 27.7 Å². The zero-order valence-electron chi connectivity index (χ0n) is 8.82. The van der Waals surface area contributed by atoms with E-state index in [1.165, 1.54) is 0 Å². The number of nitrogens with zero attached hydrogens (tertiary/aromatic N) is 3. The molecular formula is C9H5ClF3N3O2. The number of halogens is 4. The third-order valence-corrected chi connectivity index (χ3v) is 2.39. The van der Waals surface area contributed by atoms with Gasteiger partial charge in [0.15, 0.2) is 5.65 Å². The van der Waals surface area contributed by atoms with Crippen molar-refractivity contribution in [3.05, 3.63) is 28.7 Å². The molecule has 96 valence electrons. The van der Waals surface area contributed by atoms with Gasteiger partial charge in [-0.15, -0.1) is 0 Å². The summed E-state index contributed by atoms with van der Waals surface area (Å²) in [5.41, 5.74) is -1.70. The number of hydrogen-bond acceptors (Lipinski definition) is 4. The van der Waals surface area contributed by atoms with E-state index in [1.807, 2.05) is 0 Å². The van der Waals surface area contributed by atoms with Crippen molar-refractivity contribution in [3.8, 4) is 0 Å². The van der Waals surface area contributed by atoms with Gasteiger partial charge < -0.3 is 4.74 Å². The first kappa shape index (κ1) is 12.6.